The van der Waals surface area contributed by atoms with Crippen molar-refractivity contribution in [1.29, 1.82) is 0 Å². The van der Waals surface area contributed by atoms with Crippen LogP contribution < -0.4 is 0 Å². The van der Waals surface area contributed by atoms with Gasteiger partial charge in [-0.05, 0) is 38.3 Å². The Morgan fingerprint density at radius 3 is 1.88 bits per heavy atom. The molecule has 0 atom stereocenters. The maximum atomic E-state index is 3.23. The van der Waals surface area contributed by atoms with Crippen LogP contribution in [0, 0.1) is 0 Å². The van der Waals surface area contributed by atoms with Gasteiger partial charge in [0.25, 0.3) is 0 Å². The van der Waals surface area contributed by atoms with Crippen molar-refractivity contribution in [3.05, 3.63) is 16.9 Å². The minimum atomic E-state index is 1.12. The number of hydrogen-bond donors (Lipinski definition) is 0. The van der Waals surface area contributed by atoms with Gasteiger partial charge >= 0.3 is 0 Å². The highest BCUT2D eigenvalue weighted by Gasteiger charge is 1.77. The van der Waals surface area contributed by atoms with E-state index in [9.17, 15) is 0 Å². The van der Waals surface area contributed by atoms with Crippen molar-refractivity contribution in [3.63, 3.8) is 0 Å². The lowest BCUT2D eigenvalue weighted by molar-refractivity contribution is 1.10. The van der Waals surface area contributed by atoms with E-state index in [1.54, 1.807) is 0 Å². The van der Waals surface area contributed by atoms with Gasteiger partial charge in [-0.2, -0.15) is 0 Å². The number of rotatable bonds is 1. The molecule has 0 aromatic rings. The molecule has 0 aliphatic heterocycles. The van der Waals surface area contributed by atoms with Gasteiger partial charge in [0.15, 0.2) is 0 Å². The van der Waals surface area contributed by atoms with Crippen LogP contribution in [-0.2, 0) is 0 Å². The molecular formula is C8H14. The van der Waals surface area contributed by atoms with E-state index in [-0.39, 0.29) is 0 Å². The van der Waals surface area contributed by atoms with Crippen molar-refractivity contribution in [3.8, 4) is 0 Å². The summed E-state index contributed by atoms with van der Waals surface area (Å²) >= 11 is 0. The van der Waals surface area contributed by atoms with Crippen LogP contribution in [0.1, 0.15) is 34.1 Å². The molecule has 0 N–H and O–H groups in total. The zero-order valence-corrected chi connectivity index (χ0v) is 6.21. The smallest absolute Gasteiger partial charge is 0.0275 e. The van der Waals surface area contributed by atoms with Crippen LogP contribution in [0.3, 0.4) is 0 Å². The highest BCUT2D eigenvalue weighted by molar-refractivity contribution is 5.02. The Hall–Kier alpha value is -0.480. The van der Waals surface area contributed by atoms with Crippen LogP contribution in [-0.4, -0.2) is 0 Å². The van der Waals surface area contributed by atoms with Crippen LogP contribution >= 0.6 is 0 Å². The molecule has 0 aromatic carbocycles. The molecule has 0 aromatic heterocycles. The monoisotopic (exact) mass is 110 g/mol. The van der Waals surface area contributed by atoms with Gasteiger partial charge in [-0.1, -0.05) is 6.92 Å². The largest absolute Gasteiger partial charge is 0.123 e. The van der Waals surface area contributed by atoms with Crippen molar-refractivity contribution in [2.45, 2.75) is 34.1 Å². The van der Waals surface area contributed by atoms with Gasteiger partial charge in [0.1, 0.15) is 0 Å². The molecule has 0 aliphatic carbocycles. The lowest BCUT2D eigenvalue weighted by atomic mass is 10.2. The van der Waals surface area contributed by atoms with E-state index in [4.69, 9.17) is 0 Å². The Balaban J connectivity index is 4.13. The van der Waals surface area contributed by atoms with Gasteiger partial charge in [-0.3, -0.25) is 0 Å². The Labute approximate surface area is 51.9 Å². The molecule has 0 aliphatic rings. The summed E-state index contributed by atoms with van der Waals surface area (Å²) in [5.41, 5.74) is 5.83. The quantitative estimate of drug-likeness (QED) is 0.455. The summed E-state index contributed by atoms with van der Waals surface area (Å²) in [6, 6.07) is 0. The topological polar surface area (TPSA) is 0 Å². The molecule has 0 rings (SSSR count). The lowest BCUT2D eigenvalue weighted by Gasteiger charge is -1.85. The molecule has 0 saturated carbocycles. The van der Waals surface area contributed by atoms with Crippen LogP contribution in [0.25, 0.3) is 0 Å². The SMILES string of the molecule is CCC(C)=C=C(C)C. The number of hydrogen-bond acceptors (Lipinski definition) is 0. The minimum Gasteiger partial charge on any atom is -0.123 e. The van der Waals surface area contributed by atoms with Crippen LogP contribution in [0.5, 0.6) is 0 Å². The average Bonchev–Trinajstić information content (AvgIpc) is 1.65. The maximum absolute atomic E-state index is 3.23. The zero-order chi connectivity index (χ0) is 6.57. The summed E-state index contributed by atoms with van der Waals surface area (Å²) < 4.78 is 0. The first-order chi connectivity index (χ1) is 3.66. The van der Waals surface area contributed by atoms with Crippen molar-refractivity contribution >= 4 is 0 Å². The van der Waals surface area contributed by atoms with Crippen LogP contribution in [0.15, 0.2) is 16.9 Å². The average molecular weight is 110 g/mol. The van der Waals surface area contributed by atoms with Gasteiger partial charge in [0.05, 0.1) is 0 Å². The Morgan fingerprint density at radius 1 is 1.25 bits per heavy atom. The molecule has 0 unspecified atom stereocenters. The molecule has 0 heterocycles. The molecule has 8 heavy (non-hydrogen) atoms. The summed E-state index contributed by atoms with van der Waals surface area (Å²) in [6.07, 6.45) is 1.12. The zero-order valence-electron chi connectivity index (χ0n) is 6.21. The van der Waals surface area contributed by atoms with E-state index < -0.39 is 0 Å². The first kappa shape index (κ1) is 7.52. The molecule has 46 valence electrons. The van der Waals surface area contributed by atoms with E-state index in [2.05, 4.69) is 33.4 Å². The predicted molar refractivity (Wildman–Crippen MR) is 37.9 cm³/mol. The Kier molecular flexibility index (Phi) is 3.30. The fraction of sp³-hybridized carbons (Fsp3) is 0.625. The molecule has 0 amide bonds. The Morgan fingerprint density at radius 2 is 1.75 bits per heavy atom. The second kappa shape index (κ2) is 3.51. The fourth-order valence-corrected chi connectivity index (χ4v) is 0.515. The van der Waals surface area contributed by atoms with E-state index in [0.717, 1.165) is 6.42 Å². The molecule has 0 saturated heterocycles. The van der Waals surface area contributed by atoms with E-state index >= 15 is 0 Å². The Bertz CT molecular complexity index is 119. The first-order valence-electron chi connectivity index (χ1n) is 3.06. The van der Waals surface area contributed by atoms with Crippen molar-refractivity contribution in [2.75, 3.05) is 0 Å². The lowest BCUT2D eigenvalue weighted by Crippen LogP contribution is -1.66. The summed E-state index contributed by atoms with van der Waals surface area (Å²) in [4.78, 5) is 0. The molecular weight excluding hydrogens is 96.1 g/mol. The molecule has 0 nitrogen and oxygen atoms in total. The van der Waals surface area contributed by atoms with Gasteiger partial charge in [-0.15, -0.1) is 5.73 Å². The van der Waals surface area contributed by atoms with Crippen LogP contribution in [0.2, 0.25) is 0 Å². The second-order valence-corrected chi connectivity index (χ2v) is 2.26. The summed E-state index contributed by atoms with van der Waals surface area (Å²) in [7, 11) is 0. The highest BCUT2D eigenvalue weighted by Crippen LogP contribution is 1.96. The third-order valence-electron chi connectivity index (χ3n) is 0.994. The van der Waals surface area contributed by atoms with Gasteiger partial charge in [0, 0.05) is 0 Å². The normalized spacial score (nSPS) is 8.00. The highest BCUT2D eigenvalue weighted by atomic mass is 13.8. The third kappa shape index (κ3) is 3.70. The van der Waals surface area contributed by atoms with Crippen molar-refractivity contribution in [1.82, 2.24) is 0 Å². The molecule has 0 radical (unpaired) electrons. The number of allylic oxidation sites excluding steroid dienone is 1. The standard InChI is InChI=1S/C8H14/c1-5-8(4)6-7(2)3/h5H2,1-4H3. The van der Waals surface area contributed by atoms with E-state index in [1.165, 1.54) is 11.1 Å². The molecule has 0 fully saturated rings. The van der Waals surface area contributed by atoms with E-state index in [1.807, 2.05) is 0 Å². The van der Waals surface area contributed by atoms with E-state index in [0.29, 0.717) is 0 Å². The summed E-state index contributed by atoms with van der Waals surface area (Å²) in [5, 5.41) is 0. The van der Waals surface area contributed by atoms with Crippen molar-refractivity contribution < 1.29 is 0 Å². The first-order valence-corrected chi connectivity index (χ1v) is 3.06. The summed E-state index contributed by atoms with van der Waals surface area (Å²) in [5.74, 6) is 0. The van der Waals surface area contributed by atoms with Gasteiger partial charge in [-0.25, -0.2) is 0 Å². The minimum absolute atomic E-state index is 1.12. The summed E-state index contributed by atoms with van der Waals surface area (Å²) in [6.45, 7) is 8.39. The molecule has 0 spiro atoms. The van der Waals surface area contributed by atoms with Gasteiger partial charge < -0.3 is 0 Å². The van der Waals surface area contributed by atoms with Gasteiger partial charge in [0.2, 0.25) is 0 Å². The maximum Gasteiger partial charge on any atom is -0.0275 e. The molecule has 0 heteroatoms. The van der Waals surface area contributed by atoms with Crippen molar-refractivity contribution in [2.24, 2.45) is 0 Å². The third-order valence-corrected chi connectivity index (χ3v) is 0.994. The fourth-order valence-electron chi connectivity index (χ4n) is 0.515. The predicted octanol–water partition coefficient (Wildman–Crippen LogP) is 2.91. The molecule has 0 bridgehead atoms. The van der Waals surface area contributed by atoms with Crippen LogP contribution in [0.4, 0.5) is 0 Å². The second-order valence-electron chi connectivity index (χ2n) is 2.26.